The summed E-state index contributed by atoms with van der Waals surface area (Å²) in [6, 6.07) is -3.32. The van der Waals surface area contributed by atoms with Gasteiger partial charge in [0, 0.05) is 50.9 Å². The summed E-state index contributed by atoms with van der Waals surface area (Å²) in [7, 11) is -3.42. The van der Waals surface area contributed by atoms with Crippen molar-refractivity contribution in [3.63, 3.8) is 0 Å². The first-order valence-corrected chi connectivity index (χ1v) is 18.6. The molecule has 0 unspecified atom stereocenters. The highest BCUT2D eigenvalue weighted by atomic mass is 32.2. The van der Waals surface area contributed by atoms with E-state index in [2.05, 4.69) is 17.2 Å². The lowest BCUT2D eigenvalue weighted by Crippen LogP contribution is -2.61. The van der Waals surface area contributed by atoms with Crippen molar-refractivity contribution < 1.29 is 41.2 Å². The molecule has 0 radical (unpaired) electrons. The second-order valence-corrected chi connectivity index (χ2v) is 17.9. The topological polar surface area (TPSA) is 150 Å². The summed E-state index contributed by atoms with van der Waals surface area (Å²) in [5.41, 5.74) is -1.35. The highest BCUT2D eigenvalue weighted by Crippen LogP contribution is 2.44. The number of carbonyl (C=O) groups is 5. The van der Waals surface area contributed by atoms with E-state index >= 15 is 0 Å². The summed E-state index contributed by atoms with van der Waals surface area (Å²) in [6.45, 7) is 15.2. The first-order valence-electron chi connectivity index (χ1n) is 17.0. The molecule has 0 bridgehead atoms. The summed E-state index contributed by atoms with van der Waals surface area (Å²) < 4.78 is 53.5. The number of rotatable bonds is 15. The van der Waals surface area contributed by atoms with E-state index in [9.17, 15) is 41.2 Å². The number of nitrogens with zero attached hydrogens (tertiary/aromatic N) is 2. The van der Waals surface area contributed by atoms with Crippen LogP contribution in [-0.2, 0) is 29.2 Å². The minimum absolute atomic E-state index is 0.00324. The Morgan fingerprint density at radius 1 is 0.979 bits per heavy atom. The van der Waals surface area contributed by atoms with Crippen LogP contribution in [0.2, 0.25) is 0 Å². The fraction of sp³-hybridized carbons (Fsp3) is 0.794. The first kappa shape index (κ1) is 39.7. The molecule has 3 fully saturated rings. The molecule has 14 heteroatoms. The molecule has 48 heavy (non-hydrogen) atoms. The van der Waals surface area contributed by atoms with Crippen LogP contribution in [0.15, 0.2) is 12.7 Å². The molecule has 6 atom stereocenters. The van der Waals surface area contributed by atoms with Gasteiger partial charge in [0.05, 0.1) is 11.8 Å². The van der Waals surface area contributed by atoms with Gasteiger partial charge in [-0.15, -0.1) is 6.58 Å². The molecule has 2 saturated heterocycles. The van der Waals surface area contributed by atoms with Crippen molar-refractivity contribution in [3.8, 4) is 0 Å². The maximum Gasteiger partial charge on any atom is 0.315 e. The molecular weight excluding hydrogens is 646 g/mol. The van der Waals surface area contributed by atoms with Gasteiger partial charge in [-0.25, -0.2) is 22.0 Å². The molecular formula is C34H54F2N4O7S. The number of halogens is 2. The Kier molecular flexibility index (Phi) is 13.1. The number of urea groups is 1. The van der Waals surface area contributed by atoms with Gasteiger partial charge < -0.3 is 15.5 Å². The minimum Gasteiger partial charge on any atom is -0.334 e. The predicted molar refractivity (Wildman–Crippen MR) is 178 cm³/mol. The summed E-state index contributed by atoms with van der Waals surface area (Å²) in [5.74, 6) is -4.54. The highest BCUT2D eigenvalue weighted by Gasteiger charge is 2.52. The normalized spacial score (nSPS) is 24.5. The van der Waals surface area contributed by atoms with E-state index in [1.807, 2.05) is 20.8 Å². The van der Waals surface area contributed by atoms with Gasteiger partial charge in [-0.2, -0.15) is 4.31 Å². The van der Waals surface area contributed by atoms with Crippen LogP contribution >= 0.6 is 0 Å². The van der Waals surface area contributed by atoms with Gasteiger partial charge in [0.25, 0.3) is 0 Å². The molecule has 3 amide bonds. The Labute approximate surface area is 284 Å². The SMILES string of the molecule is C=CCCC(=O)C(=O)[C@@H](CC(=O)[C@@H]1[C@H]2CCC[C@H]2CN1C(=O)[C@@H](NC(=O)N[C@H](CN1CCCS1(=O)=O)C(C)(C)C)C(C)(C)C)CC(F)F. The zero-order chi connectivity index (χ0) is 36.2. The van der Waals surface area contributed by atoms with Crippen molar-refractivity contribution in [3.05, 3.63) is 12.7 Å². The lowest BCUT2D eigenvalue weighted by molar-refractivity contribution is -0.144. The molecule has 3 aliphatic rings. The number of amides is 3. The molecule has 2 N–H and O–H groups in total. The number of nitrogens with one attached hydrogen (secondary N) is 2. The maximum atomic E-state index is 14.3. The molecule has 0 aromatic rings. The number of likely N-dealkylation sites (tertiary alicyclic amines) is 1. The molecule has 0 aromatic heterocycles. The van der Waals surface area contributed by atoms with Gasteiger partial charge in [-0.1, -0.05) is 54.0 Å². The number of sulfonamides is 1. The van der Waals surface area contributed by atoms with Crippen molar-refractivity contribution in [2.75, 3.05) is 25.4 Å². The number of allylic oxidation sites excluding steroid dienone is 1. The fourth-order valence-electron chi connectivity index (χ4n) is 7.17. The zero-order valence-electron chi connectivity index (χ0n) is 29.2. The average molecular weight is 701 g/mol. The minimum atomic E-state index is -3.42. The van der Waals surface area contributed by atoms with E-state index in [0.717, 1.165) is 12.8 Å². The maximum absolute atomic E-state index is 14.3. The van der Waals surface area contributed by atoms with E-state index in [-0.39, 0.29) is 43.5 Å². The molecule has 11 nitrogen and oxygen atoms in total. The van der Waals surface area contributed by atoms with Gasteiger partial charge in [-0.3, -0.25) is 19.2 Å². The third-order valence-corrected chi connectivity index (χ3v) is 11.9. The molecule has 1 aliphatic carbocycles. The largest absolute Gasteiger partial charge is 0.334 e. The van der Waals surface area contributed by atoms with E-state index in [1.165, 1.54) is 15.3 Å². The molecule has 0 spiro atoms. The van der Waals surface area contributed by atoms with E-state index in [4.69, 9.17) is 0 Å². The quantitative estimate of drug-likeness (QED) is 0.193. The third kappa shape index (κ3) is 9.92. The van der Waals surface area contributed by atoms with Gasteiger partial charge in [0.15, 0.2) is 11.6 Å². The lowest BCUT2D eigenvalue weighted by atomic mass is 9.83. The number of fused-ring (bicyclic) bond motifs is 1. The molecule has 1 saturated carbocycles. The number of carbonyl (C=O) groups excluding carboxylic acids is 5. The summed E-state index contributed by atoms with van der Waals surface area (Å²) in [4.78, 5) is 68.6. The first-order chi connectivity index (χ1) is 22.2. The Morgan fingerprint density at radius 3 is 2.19 bits per heavy atom. The lowest BCUT2D eigenvalue weighted by Gasteiger charge is -2.38. The predicted octanol–water partition coefficient (Wildman–Crippen LogP) is 4.11. The van der Waals surface area contributed by atoms with Crippen LogP contribution < -0.4 is 10.6 Å². The number of hydrogen-bond donors (Lipinski definition) is 2. The Morgan fingerprint density at radius 2 is 1.65 bits per heavy atom. The highest BCUT2D eigenvalue weighted by molar-refractivity contribution is 7.89. The van der Waals surface area contributed by atoms with Crippen LogP contribution in [0.3, 0.4) is 0 Å². The van der Waals surface area contributed by atoms with E-state index in [1.54, 1.807) is 20.8 Å². The van der Waals surface area contributed by atoms with E-state index < -0.39 is 93.5 Å². The third-order valence-electron chi connectivity index (χ3n) is 9.96. The van der Waals surface area contributed by atoms with Crippen molar-refractivity contribution >= 4 is 39.3 Å². The van der Waals surface area contributed by atoms with Crippen LogP contribution in [0.25, 0.3) is 0 Å². The van der Waals surface area contributed by atoms with Crippen molar-refractivity contribution in [2.24, 2.45) is 28.6 Å². The van der Waals surface area contributed by atoms with Gasteiger partial charge >= 0.3 is 6.03 Å². The van der Waals surface area contributed by atoms with Gasteiger partial charge in [-0.05, 0) is 48.3 Å². The number of ketones is 3. The summed E-state index contributed by atoms with van der Waals surface area (Å²) in [5, 5.41) is 5.68. The van der Waals surface area contributed by atoms with E-state index in [0.29, 0.717) is 19.4 Å². The molecule has 2 heterocycles. The Balaban J connectivity index is 1.84. The second-order valence-electron chi connectivity index (χ2n) is 15.8. The van der Waals surface area contributed by atoms with Crippen LogP contribution in [0.4, 0.5) is 13.6 Å². The molecule has 0 aromatic carbocycles. The monoisotopic (exact) mass is 700 g/mol. The van der Waals surface area contributed by atoms with Crippen LogP contribution in [-0.4, -0.2) is 96.8 Å². The smallest absolute Gasteiger partial charge is 0.315 e. The molecule has 272 valence electrons. The Bertz CT molecular complexity index is 1340. The molecule has 3 rings (SSSR count). The summed E-state index contributed by atoms with van der Waals surface area (Å²) in [6.07, 6.45) is -0.179. The van der Waals surface area contributed by atoms with Gasteiger partial charge in [0.1, 0.15) is 6.04 Å². The van der Waals surface area contributed by atoms with Crippen molar-refractivity contribution in [1.82, 2.24) is 19.8 Å². The van der Waals surface area contributed by atoms with Crippen molar-refractivity contribution in [1.29, 1.82) is 0 Å². The Hall–Kier alpha value is -2.74. The van der Waals surface area contributed by atoms with Gasteiger partial charge in [0.2, 0.25) is 28.1 Å². The summed E-state index contributed by atoms with van der Waals surface area (Å²) >= 11 is 0. The molecule has 2 aliphatic heterocycles. The number of hydrogen-bond acceptors (Lipinski definition) is 7. The second kappa shape index (κ2) is 15.9. The average Bonchev–Trinajstić information content (AvgIpc) is 3.65. The fourth-order valence-corrected chi connectivity index (χ4v) is 8.71. The zero-order valence-corrected chi connectivity index (χ0v) is 30.0. The van der Waals surface area contributed by atoms with Crippen molar-refractivity contribution in [2.45, 2.75) is 117 Å². The van der Waals surface area contributed by atoms with Crippen LogP contribution in [0, 0.1) is 28.6 Å². The standard InChI is InChI=1S/C34H54F2N4O7S/c1-8-9-14-24(41)29(43)22(18-27(35)36)17-25(42)28-23-13-10-12-21(23)19-40(28)31(44)30(34(5,6)7)38-32(45)37-26(33(2,3)4)20-39-15-11-16-48(39,46)47/h8,21-23,26-28,30H,1,9-20H2,2-7H3,(H2,37,38,45)/t21-,22-,23-,26+,28-,30+/m0/s1. The van der Waals surface area contributed by atoms with Crippen LogP contribution in [0.1, 0.15) is 92.9 Å². The van der Waals surface area contributed by atoms with Crippen LogP contribution in [0.5, 0.6) is 0 Å². The number of alkyl halides is 2. The number of Topliss-reactive ketones (excluding diaryl/α,β-unsaturated/α-hetero) is 3.